The summed E-state index contributed by atoms with van der Waals surface area (Å²) < 4.78 is 0. The van der Waals surface area contributed by atoms with Crippen molar-refractivity contribution in [3.63, 3.8) is 0 Å². The maximum Gasteiger partial charge on any atom is 0.1000 e. The zero-order valence-corrected chi connectivity index (χ0v) is 27.0. The van der Waals surface area contributed by atoms with E-state index in [4.69, 9.17) is 19.4 Å². The van der Waals surface area contributed by atoms with Crippen LogP contribution in [0.1, 0.15) is 94.5 Å². The summed E-state index contributed by atoms with van der Waals surface area (Å²) in [5.41, 5.74) is 2.68. The maximum atomic E-state index is 7.75. The Morgan fingerprint density at radius 2 is 1.03 bits per heavy atom. The van der Waals surface area contributed by atoms with E-state index in [-0.39, 0.29) is 45.1 Å². The van der Waals surface area contributed by atoms with Crippen molar-refractivity contribution in [3.05, 3.63) is 29.6 Å². The van der Waals surface area contributed by atoms with Crippen molar-refractivity contribution in [2.24, 2.45) is 0 Å². The van der Waals surface area contributed by atoms with Crippen LogP contribution in [0.4, 0.5) is 0 Å². The Hall–Kier alpha value is -0.451. The van der Waals surface area contributed by atoms with Crippen LogP contribution in [-0.4, -0.2) is 51.6 Å². The number of carbonyl (C=O) groups excluding carboxylic acids is 3. The summed E-state index contributed by atoms with van der Waals surface area (Å²) in [5, 5.41) is 0.729. The molecule has 1 heterocycles. The van der Waals surface area contributed by atoms with E-state index in [2.05, 4.69) is 127 Å². The first kappa shape index (κ1) is 43.6. The molecule has 0 aliphatic heterocycles. The molecule has 0 atom stereocenters. The van der Waals surface area contributed by atoms with Gasteiger partial charge in [-0.2, -0.15) is 0 Å². The van der Waals surface area contributed by atoms with Crippen molar-refractivity contribution in [2.45, 2.75) is 117 Å². The smallest absolute Gasteiger partial charge is 0.1000 e. The standard InChI is InChI=1S/C23H43N2P.3CHO.BrH.Mn/c1-20(2,3)25(21(4,5)6)16-18-14-13-15-19(24-18)17-26(22(7,8)9)23(10,11)12;3*1-2;;/h13-15H,16-17H2,1-12H3;3*1H;1H;/q;3*-1;;. The molecule has 0 spiro atoms. The molecule has 1 aromatic rings. The van der Waals surface area contributed by atoms with E-state index in [0.29, 0.717) is 10.3 Å². The second kappa shape index (κ2) is 18.8. The van der Waals surface area contributed by atoms with Crippen LogP contribution < -0.4 is 17.0 Å². The summed E-state index contributed by atoms with van der Waals surface area (Å²) in [6.45, 7) is 38.8. The molecule has 1 aromatic heterocycles. The normalized spacial score (nSPS) is 11.4. The molecule has 1 radical (unpaired) electrons. The first-order valence-electron chi connectivity index (χ1n) is 10.7. The molecule has 0 aliphatic carbocycles. The maximum absolute atomic E-state index is 7.75. The molecule has 0 bridgehead atoms. The molecule has 0 amide bonds. The topological polar surface area (TPSA) is 67.3 Å². The predicted molar refractivity (Wildman–Crippen MR) is 141 cm³/mol. The average molecular weight is 601 g/mol. The van der Waals surface area contributed by atoms with E-state index in [1.807, 2.05) is 0 Å². The van der Waals surface area contributed by atoms with Crippen LogP contribution in [0.3, 0.4) is 0 Å². The summed E-state index contributed by atoms with van der Waals surface area (Å²) in [6.07, 6.45) is 1.14. The number of pyridine rings is 1. The molecule has 0 N–H and O–H groups in total. The van der Waals surface area contributed by atoms with E-state index in [0.717, 1.165) is 12.7 Å². The van der Waals surface area contributed by atoms with Gasteiger partial charge in [0.05, 0.1) is 27.9 Å². The Morgan fingerprint density at radius 1 is 0.706 bits per heavy atom. The number of aromatic nitrogens is 1. The number of hydrogen-bond acceptors (Lipinski definition) is 5. The molecular weight excluding hydrogens is 554 g/mol. The van der Waals surface area contributed by atoms with Crippen LogP contribution >= 0.6 is 7.92 Å². The van der Waals surface area contributed by atoms with Gasteiger partial charge in [0.2, 0.25) is 0 Å². The third-order valence-corrected chi connectivity index (χ3v) is 9.31. The van der Waals surface area contributed by atoms with E-state index < -0.39 is 7.92 Å². The largest absolute Gasteiger partial charge is 1.00 e. The average Bonchev–Trinajstić information content (AvgIpc) is 2.66. The van der Waals surface area contributed by atoms with Gasteiger partial charge in [-0.25, -0.2) is 0 Å². The fraction of sp³-hybridized carbons (Fsp3) is 0.692. The third-order valence-electron chi connectivity index (χ3n) is 4.97. The number of rotatable bonds is 4. The van der Waals surface area contributed by atoms with Gasteiger partial charge in [-0.1, -0.05) is 6.07 Å². The molecule has 0 saturated carbocycles. The molecule has 0 fully saturated rings. The first-order chi connectivity index (χ1) is 14.4. The zero-order valence-electron chi connectivity index (χ0n) is 23.3. The molecule has 34 heavy (non-hydrogen) atoms. The van der Waals surface area contributed by atoms with Gasteiger partial charge in [-0.3, -0.25) is 30.3 Å². The van der Waals surface area contributed by atoms with Crippen molar-refractivity contribution >= 4 is 28.3 Å². The summed E-state index contributed by atoms with van der Waals surface area (Å²) in [4.78, 5) is 30.9. The Labute approximate surface area is 232 Å². The molecule has 0 unspecified atom stereocenters. The minimum atomic E-state index is -0.605. The SMILES string of the molecule is CC(C)(C)N(Cc1cccc(C[PH+](C(C)(C)C)C(C)(C)C)n1)C(C)(C)C.[Br-].[CH-]=O.[CH-]=O.[CH-]=O.[Mn]. The molecular formula is C26H47BrMnN2O3P-3. The van der Waals surface area contributed by atoms with Crippen LogP contribution in [0.25, 0.3) is 0 Å². The Kier molecular flexibility index (Phi) is 24.1. The summed E-state index contributed by atoms with van der Waals surface area (Å²) in [6, 6.07) is 6.62. The minimum absolute atomic E-state index is 0. The molecule has 0 aliphatic rings. The number of nitrogens with zero attached hydrogens (tertiary/aromatic N) is 2. The molecule has 8 heteroatoms. The molecule has 201 valence electrons. The third kappa shape index (κ3) is 17.1. The molecule has 5 nitrogen and oxygen atoms in total. The Balaban J connectivity index is -0.000000323. The van der Waals surface area contributed by atoms with E-state index in [9.17, 15) is 0 Å². The van der Waals surface area contributed by atoms with Gasteiger partial charge < -0.3 is 31.4 Å². The minimum Gasteiger partial charge on any atom is -1.00 e. The van der Waals surface area contributed by atoms with Gasteiger partial charge in [0.15, 0.2) is 0 Å². The molecule has 1 rings (SSSR count). The Bertz CT molecular complexity index is 569. The molecule has 0 saturated heterocycles. The summed E-state index contributed by atoms with van der Waals surface area (Å²) in [5.74, 6) is 0. The van der Waals surface area contributed by atoms with Gasteiger partial charge in [0.1, 0.15) is 0 Å². The van der Waals surface area contributed by atoms with Gasteiger partial charge in [-0.15, -0.1) is 0 Å². The van der Waals surface area contributed by atoms with Crippen LogP contribution in [0, 0.1) is 0 Å². The molecule has 0 aromatic carbocycles. The first-order valence-corrected chi connectivity index (χ1v) is 12.4. The van der Waals surface area contributed by atoms with Crippen LogP contribution in [0.15, 0.2) is 18.2 Å². The Morgan fingerprint density at radius 3 is 1.32 bits per heavy atom. The van der Waals surface area contributed by atoms with Crippen molar-refractivity contribution in [2.75, 3.05) is 0 Å². The summed E-state index contributed by atoms with van der Waals surface area (Å²) in [7, 11) is -0.605. The van der Waals surface area contributed by atoms with Crippen LogP contribution in [0.2, 0.25) is 0 Å². The van der Waals surface area contributed by atoms with Crippen LogP contribution in [-0.2, 0) is 44.2 Å². The summed E-state index contributed by atoms with van der Waals surface area (Å²) >= 11 is 0. The van der Waals surface area contributed by atoms with E-state index in [1.165, 1.54) is 11.4 Å². The second-order valence-electron chi connectivity index (χ2n) is 11.7. The number of hydrogen-bond donors (Lipinski definition) is 0. The van der Waals surface area contributed by atoms with Crippen molar-refractivity contribution in [1.82, 2.24) is 9.88 Å². The van der Waals surface area contributed by atoms with Gasteiger partial charge in [-0.05, 0) is 95.2 Å². The fourth-order valence-corrected chi connectivity index (χ4v) is 8.06. The predicted octanol–water partition coefficient (Wildman–Crippen LogP) is 2.97. The van der Waals surface area contributed by atoms with E-state index >= 15 is 0 Å². The van der Waals surface area contributed by atoms with Gasteiger partial charge in [0.25, 0.3) is 0 Å². The number of halogens is 1. The van der Waals surface area contributed by atoms with Crippen LogP contribution in [0.5, 0.6) is 0 Å². The second-order valence-corrected chi connectivity index (χ2v) is 16.0. The quantitative estimate of drug-likeness (QED) is 0.230. The van der Waals surface area contributed by atoms with Crippen molar-refractivity contribution in [1.29, 1.82) is 0 Å². The van der Waals surface area contributed by atoms with Crippen molar-refractivity contribution < 1.29 is 48.4 Å². The van der Waals surface area contributed by atoms with Gasteiger partial charge >= 0.3 is 0 Å². The zero-order chi connectivity index (χ0) is 26.6. The van der Waals surface area contributed by atoms with Gasteiger partial charge in [0, 0.05) is 42.6 Å². The fourth-order valence-electron chi connectivity index (χ4n) is 4.19. The van der Waals surface area contributed by atoms with Crippen molar-refractivity contribution in [3.8, 4) is 0 Å². The van der Waals surface area contributed by atoms with E-state index in [1.54, 1.807) is 0 Å². The monoisotopic (exact) mass is 600 g/mol.